The van der Waals surface area contributed by atoms with Gasteiger partial charge in [0.1, 0.15) is 0 Å². The monoisotopic (exact) mass is 341 g/mol. The molecule has 0 amide bonds. The van der Waals surface area contributed by atoms with Crippen molar-refractivity contribution in [2.24, 2.45) is 0 Å². The lowest BCUT2D eigenvalue weighted by atomic mass is 10.1. The van der Waals surface area contributed by atoms with Gasteiger partial charge in [-0.05, 0) is 31.1 Å². The fraction of sp³-hybridized carbons (Fsp3) is 0.714. The first kappa shape index (κ1) is 24.7. The minimum atomic E-state index is 0. The van der Waals surface area contributed by atoms with E-state index >= 15 is 0 Å². The molecular formula is C21H40ClN. The zero-order valence-corrected chi connectivity index (χ0v) is 16.3. The highest BCUT2D eigenvalue weighted by molar-refractivity contribution is 4.76. The van der Waals surface area contributed by atoms with Crippen LogP contribution in [0.25, 0.3) is 0 Å². The van der Waals surface area contributed by atoms with Gasteiger partial charge in [0.05, 0.1) is 26.2 Å². The Hall–Kier alpha value is -0.530. The summed E-state index contributed by atoms with van der Waals surface area (Å²) in [7, 11) is 0. The summed E-state index contributed by atoms with van der Waals surface area (Å²) in [5, 5.41) is 0. The summed E-state index contributed by atoms with van der Waals surface area (Å²) in [5.41, 5.74) is 0. The predicted molar refractivity (Wildman–Crippen MR) is 102 cm³/mol. The number of rotatable bonds is 17. The second kappa shape index (κ2) is 17.8. The van der Waals surface area contributed by atoms with E-state index in [9.17, 15) is 0 Å². The van der Waals surface area contributed by atoms with E-state index in [0.717, 1.165) is 24.1 Å². The number of hydrogen-bond donors (Lipinski definition) is 0. The third kappa shape index (κ3) is 13.6. The predicted octanol–water partition coefficient (Wildman–Crippen LogP) is 3.29. The Kier molecular flexibility index (Phi) is 19.1. The van der Waals surface area contributed by atoms with E-state index < -0.39 is 0 Å². The van der Waals surface area contributed by atoms with Gasteiger partial charge in [0.25, 0.3) is 0 Å². The van der Waals surface area contributed by atoms with Crippen LogP contribution in [0.2, 0.25) is 0 Å². The zero-order valence-electron chi connectivity index (χ0n) is 15.6. The Labute approximate surface area is 152 Å². The van der Waals surface area contributed by atoms with Gasteiger partial charge in [0, 0.05) is 0 Å². The molecule has 0 bridgehead atoms. The smallest absolute Gasteiger partial charge is 0.0975 e. The second-order valence-electron chi connectivity index (χ2n) is 6.66. The molecule has 0 radical (unpaired) electrons. The zero-order chi connectivity index (χ0) is 16.5. The van der Waals surface area contributed by atoms with Crippen molar-refractivity contribution in [3.05, 3.63) is 38.0 Å². The third-order valence-electron chi connectivity index (χ3n) is 4.54. The summed E-state index contributed by atoms with van der Waals surface area (Å²) < 4.78 is 1.05. The van der Waals surface area contributed by atoms with Gasteiger partial charge >= 0.3 is 0 Å². The van der Waals surface area contributed by atoms with Crippen molar-refractivity contribution >= 4 is 0 Å². The van der Waals surface area contributed by atoms with Crippen molar-refractivity contribution in [1.29, 1.82) is 0 Å². The Morgan fingerprint density at radius 3 is 1.30 bits per heavy atom. The Bertz CT molecular complexity index is 259. The molecule has 1 nitrogen and oxygen atoms in total. The number of hydrogen-bond acceptors (Lipinski definition) is 0. The van der Waals surface area contributed by atoms with Gasteiger partial charge in [-0.2, -0.15) is 0 Å². The maximum absolute atomic E-state index is 3.93. The minimum Gasteiger partial charge on any atom is -1.00 e. The van der Waals surface area contributed by atoms with Crippen LogP contribution in [0.4, 0.5) is 0 Å². The molecular weight excluding hydrogens is 302 g/mol. The Balaban J connectivity index is 0. The van der Waals surface area contributed by atoms with E-state index in [0.29, 0.717) is 0 Å². The number of halogens is 1. The van der Waals surface area contributed by atoms with Crippen LogP contribution in [0.3, 0.4) is 0 Å². The molecule has 0 aromatic heterocycles. The highest BCUT2D eigenvalue weighted by Gasteiger charge is 2.21. The average Bonchev–Trinajstić information content (AvgIpc) is 2.50. The summed E-state index contributed by atoms with van der Waals surface area (Å²) >= 11 is 0. The van der Waals surface area contributed by atoms with Crippen LogP contribution < -0.4 is 12.4 Å². The SMILES string of the molecule is C=CC[N+](CC=C)(CC=C)CCCCCCCCCCCC.[Cl-]. The van der Waals surface area contributed by atoms with E-state index in [1.165, 1.54) is 70.8 Å². The Morgan fingerprint density at radius 1 is 0.609 bits per heavy atom. The normalized spacial score (nSPS) is 10.8. The van der Waals surface area contributed by atoms with Crippen LogP contribution in [0.5, 0.6) is 0 Å². The van der Waals surface area contributed by atoms with E-state index in [1.807, 2.05) is 18.2 Å². The van der Waals surface area contributed by atoms with Crippen molar-refractivity contribution in [3.8, 4) is 0 Å². The maximum Gasteiger partial charge on any atom is 0.0975 e. The molecule has 0 aromatic carbocycles. The van der Waals surface area contributed by atoms with Crippen LogP contribution in [-0.4, -0.2) is 30.7 Å². The molecule has 0 saturated heterocycles. The first-order chi connectivity index (χ1) is 10.7. The van der Waals surface area contributed by atoms with Gasteiger partial charge in [0.2, 0.25) is 0 Å². The number of nitrogens with zero attached hydrogens (tertiary/aromatic N) is 1. The number of unbranched alkanes of at least 4 members (excludes halogenated alkanes) is 9. The van der Waals surface area contributed by atoms with Gasteiger partial charge < -0.3 is 16.9 Å². The van der Waals surface area contributed by atoms with Gasteiger partial charge in [-0.1, -0.05) is 78.0 Å². The van der Waals surface area contributed by atoms with Crippen LogP contribution >= 0.6 is 0 Å². The fourth-order valence-electron chi connectivity index (χ4n) is 3.25. The third-order valence-corrected chi connectivity index (χ3v) is 4.54. The lowest BCUT2D eigenvalue weighted by Gasteiger charge is -2.36. The van der Waals surface area contributed by atoms with Crippen molar-refractivity contribution < 1.29 is 16.9 Å². The van der Waals surface area contributed by atoms with Crippen LogP contribution in [-0.2, 0) is 0 Å². The standard InChI is InChI=1S/C21H40N.ClH/c1-5-9-10-11-12-13-14-15-16-17-21-22(18-6-2,19-7-3)20-8-4;/h6-8H,2-5,9-21H2,1H3;1H/q+1;/p-1. The quantitative estimate of drug-likeness (QED) is 0.216. The molecule has 0 atom stereocenters. The maximum atomic E-state index is 3.93. The van der Waals surface area contributed by atoms with E-state index in [1.54, 1.807) is 0 Å². The molecule has 136 valence electrons. The molecule has 0 fully saturated rings. The van der Waals surface area contributed by atoms with E-state index in [2.05, 4.69) is 26.7 Å². The highest BCUT2D eigenvalue weighted by Crippen LogP contribution is 2.14. The molecule has 0 N–H and O–H groups in total. The van der Waals surface area contributed by atoms with Crippen molar-refractivity contribution in [2.45, 2.75) is 71.1 Å². The number of quaternary nitrogens is 1. The molecule has 23 heavy (non-hydrogen) atoms. The molecule has 0 unspecified atom stereocenters. The van der Waals surface area contributed by atoms with Gasteiger partial charge in [-0.25, -0.2) is 0 Å². The van der Waals surface area contributed by atoms with Crippen molar-refractivity contribution in [1.82, 2.24) is 0 Å². The van der Waals surface area contributed by atoms with Crippen molar-refractivity contribution in [3.63, 3.8) is 0 Å². The molecule has 0 saturated carbocycles. The molecule has 0 rings (SSSR count). The minimum absolute atomic E-state index is 0. The lowest BCUT2D eigenvalue weighted by Crippen LogP contribution is -3.00. The molecule has 0 aromatic rings. The molecule has 0 heterocycles. The summed E-state index contributed by atoms with van der Waals surface area (Å²) in [5.74, 6) is 0. The van der Waals surface area contributed by atoms with E-state index in [-0.39, 0.29) is 12.4 Å². The van der Waals surface area contributed by atoms with Crippen LogP contribution in [0.15, 0.2) is 38.0 Å². The Morgan fingerprint density at radius 2 is 0.957 bits per heavy atom. The summed E-state index contributed by atoms with van der Waals surface area (Å²) in [6, 6.07) is 0. The molecule has 0 spiro atoms. The average molecular weight is 342 g/mol. The summed E-state index contributed by atoms with van der Waals surface area (Å²) in [6.07, 6.45) is 20.1. The summed E-state index contributed by atoms with van der Waals surface area (Å²) in [4.78, 5) is 0. The van der Waals surface area contributed by atoms with Gasteiger partial charge in [-0.3, -0.25) is 0 Å². The van der Waals surface area contributed by atoms with Gasteiger partial charge in [-0.15, -0.1) is 0 Å². The molecule has 0 aliphatic heterocycles. The second-order valence-corrected chi connectivity index (χ2v) is 6.66. The largest absolute Gasteiger partial charge is 1.00 e. The van der Waals surface area contributed by atoms with Crippen molar-refractivity contribution in [2.75, 3.05) is 26.2 Å². The first-order valence-corrected chi connectivity index (χ1v) is 9.42. The van der Waals surface area contributed by atoms with Gasteiger partial charge in [0.15, 0.2) is 0 Å². The van der Waals surface area contributed by atoms with Crippen LogP contribution in [0, 0.1) is 0 Å². The molecule has 0 aliphatic rings. The first-order valence-electron chi connectivity index (χ1n) is 9.42. The topological polar surface area (TPSA) is 0 Å². The molecule has 0 aliphatic carbocycles. The van der Waals surface area contributed by atoms with Crippen LogP contribution in [0.1, 0.15) is 71.1 Å². The van der Waals surface area contributed by atoms with E-state index in [4.69, 9.17) is 0 Å². The lowest BCUT2D eigenvalue weighted by molar-refractivity contribution is -0.912. The molecule has 2 heteroatoms. The fourth-order valence-corrected chi connectivity index (χ4v) is 3.25. The summed E-state index contributed by atoms with van der Waals surface area (Å²) in [6.45, 7) is 18.3. The highest BCUT2D eigenvalue weighted by atomic mass is 35.5.